The minimum absolute atomic E-state index is 0.0566. The summed E-state index contributed by atoms with van der Waals surface area (Å²) in [5, 5.41) is 0. The SMILES string of the molecule is CCOC(=O)C12CCCC(CC1)C2. The largest absolute Gasteiger partial charge is 0.466 e. The van der Waals surface area contributed by atoms with E-state index in [4.69, 9.17) is 4.74 Å². The monoisotopic (exact) mass is 182 g/mol. The fourth-order valence-electron chi connectivity index (χ4n) is 3.01. The second-order valence-corrected chi connectivity index (χ2v) is 4.50. The van der Waals surface area contributed by atoms with Gasteiger partial charge in [0.2, 0.25) is 0 Å². The molecule has 0 heterocycles. The van der Waals surface area contributed by atoms with E-state index in [9.17, 15) is 4.79 Å². The Balaban J connectivity index is 2.06. The molecule has 2 rings (SSSR count). The fourth-order valence-corrected chi connectivity index (χ4v) is 3.01. The molecule has 0 amide bonds. The van der Waals surface area contributed by atoms with Gasteiger partial charge in [-0.05, 0) is 38.5 Å². The highest BCUT2D eigenvalue weighted by molar-refractivity contribution is 5.77. The van der Waals surface area contributed by atoms with Gasteiger partial charge < -0.3 is 4.74 Å². The van der Waals surface area contributed by atoms with E-state index in [1.807, 2.05) is 6.92 Å². The van der Waals surface area contributed by atoms with E-state index in [1.54, 1.807) is 0 Å². The van der Waals surface area contributed by atoms with Crippen LogP contribution >= 0.6 is 0 Å². The van der Waals surface area contributed by atoms with Crippen molar-refractivity contribution in [1.29, 1.82) is 0 Å². The van der Waals surface area contributed by atoms with Crippen molar-refractivity contribution in [3.8, 4) is 0 Å². The molecule has 0 N–H and O–H groups in total. The van der Waals surface area contributed by atoms with Crippen LogP contribution in [-0.4, -0.2) is 12.6 Å². The van der Waals surface area contributed by atoms with Gasteiger partial charge >= 0.3 is 5.97 Å². The second-order valence-electron chi connectivity index (χ2n) is 4.50. The van der Waals surface area contributed by atoms with Gasteiger partial charge in [0.15, 0.2) is 0 Å². The van der Waals surface area contributed by atoms with Crippen LogP contribution in [0.3, 0.4) is 0 Å². The molecule has 74 valence electrons. The molecule has 0 aromatic heterocycles. The van der Waals surface area contributed by atoms with Crippen LogP contribution in [0.15, 0.2) is 0 Å². The predicted molar refractivity (Wildman–Crippen MR) is 50.3 cm³/mol. The lowest BCUT2D eigenvalue weighted by molar-refractivity contribution is -0.156. The Morgan fingerprint density at radius 3 is 3.08 bits per heavy atom. The highest BCUT2D eigenvalue weighted by atomic mass is 16.5. The molecule has 2 saturated carbocycles. The zero-order valence-corrected chi connectivity index (χ0v) is 8.34. The Labute approximate surface area is 79.7 Å². The highest BCUT2D eigenvalue weighted by Crippen LogP contribution is 2.51. The van der Waals surface area contributed by atoms with Gasteiger partial charge in [0.1, 0.15) is 0 Å². The first kappa shape index (κ1) is 9.04. The Morgan fingerprint density at radius 2 is 2.31 bits per heavy atom. The molecule has 2 aliphatic carbocycles. The minimum atomic E-state index is -0.0566. The number of rotatable bonds is 2. The number of carbonyl (C=O) groups is 1. The summed E-state index contributed by atoms with van der Waals surface area (Å²) in [5.74, 6) is 0.898. The van der Waals surface area contributed by atoms with Crippen LogP contribution in [0.2, 0.25) is 0 Å². The maximum Gasteiger partial charge on any atom is 0.312 e. The Bertz CT molecular complexity index is 208. The van der Waals surface area contributed by atoms with E-state index in [1.165, 1.54) is 19.3 Å². The Hall–Kier alpha value is -0.530. The van der Waals surface area contributed by atoms with Gasteiger partial charge in [0, 0.05) is 0 Å². The summed E-state index contributed by atoms with van der Waals surface area (Å²) in [7, 11) is 0. The normalized spacial score (nSPS) is 37.5. The van der Waals surface area contributed by atoms with Crippen LogP contribution in [0.4, 0.5) is 0 Å². The summed E-state index contributed by atoms with van der Waals surface area (Å²) in [6, 6.07) is 0. The van der Waals surface area contributed by atoms with E-state index in [0.29, 0.717) is 6.61 Å². The molecule has 2 nitrogen and oxygen atoms in total. The Morgan fingerprint density at radius 1 is 1.46 bits per heavy atom. The quantitative estimate of drug-likeness (QED) is 0.613. The van der Waals surface area contributed by atoms with Crippen molar-refractivity contribution < 1.29 is 9.53 Å². The summed E-state index contributed by atoms with van der Waals surface area (Å²) in [4.78, 5) is 11.8. The molecule has 0 saturated heterocycles. The minimum Gasteiger partial charge on any atom is -0.466 e. The summed E-state index contributed by atoms with van der Waals surface area (Å²) in [6.45, 7) is 2.43. The lowest BCUT2D eigenvalue weighted by atomic mass is 9.76. The molecule has 13 heavy (non-hydrogen) atoms. The number of ether oxygens (including phenoxy) is 1. The molecule has 2 fully saturated rings. The number of hydrogen-bond acceptors (Lipinski definition) is 2. The molecule has 0 aliphatic heterocycles. The molecule has 0 aromatic carbocycles. The van der Waals surface area contributed by atoms with Crippen LogP contribution in [0.25, 0.3) is 0 Å². The molecular weight excluding hydrogens is 164 g/mol. The molecule has 2 unspecified atom stereocenters. The van der Waals surface area contributed by atoms with Crippen molar-refractivity contribution in [2.75, 3.05) is 6.61 Å². The third-order valence-electron chi connectivity index (χ3n) is 3.69. The summed E-state index contributed by atoms with van der Waals surface area (Å²) in [6.07, 6.45) is 7.06. The molecule has 2 atom stereocenters. The standard InChI is InChI=1S/C11H18O2/c1-2-13-10(12)11-6-3-4-9(8-11)5-7-11/h9H,2-8H2,1H3. The van der Waals surface area contributed by atoms with Crippen molar-refractivity contribution in [1.82, 2.24) is 0 Å². The lowest BCUT2D eigenvalue weighted by Gasteiger charge is -2.30. The zero-order valence-electron chi connectivity index (χ0n) is 8.34. The topological polar surface area (TPSA) is 26.3 Å². The number of carbonyl (C=O) groups excluding carboxylic acids is 1. The number of fused-ring (bicyclic) bond motifs is 2. The van der Waals surface area contributed by atoms with Crippen LogP contribution in [-0.2, 0) is 9.53 Å². The maximum atomic E-state index is 11.8. The molecule has 2 bridgehead atoms. The average Bonchev–Trinajstić information content (AvgIpc) is 2.44. The number of esters is 1. The van der Waals surface area contributed by atoms with E-state index in [-0.39, 0.29) is 11.4 Å². The van der Waals surface area contributed by atoms with E-state index in [0.717, 1.165) is 25.2 Å². The van der Waals surface area contributed by atoms with E-state index in [2.05, 4.69) is 0 Å². The van der Waals surface area contributed by atoms with Gasteiger partial charge in [0.05, 0.1) is 12.0 Å². The van der Waals surface area contributed by atoms with Crippen molar-refractivity contribution in [2.24, 2.45) is 11.3 Å². The molecule has 0 radical (unpaired) electrons. The van der Waals surface area contributed by atoms with Gasteiger partial charge in [-0.25, -0.2) is 0 Å². The van der Waals surface area contributed by atoms with Crippen LogP contribution in [0, 0.1) is 11.3 Å². The van der Waals surface area contributed by atoms with Crippen LogP contribution in [0.5, 0.6) is 0 Å². The summed E-state index contributed by atoms with van der Waals surface area (Å²) in [5.41, 5.74) is -0.0566. The fraction of sp³-hybridized carbons (Fsp3) is 0.909. The first-order valence-corrected chi connectivity index (χ1v) is 5.44. The summed E-state index contributed by atoms with van der Waals surface area (Å²) < 4.78 is 5.16. The van der Waals surface area contributed by atoms with E-state index >= 15 is 0 Å². The van der Waals surface area contributed by atoms with Crippen LogP contribution in [0.1, 0.15) is 45.4 Å². The third-order valence-corrected chi connectivity index (χ3v) is 3.69. The molecule has 0 spiro atoms. The first-order valence-electron chi connectivity index (χ1n) is 5.44. The van der Waals surface area contributed by atoms with Gasteiger partial charge in [-0.15, -0.1) is 0 Å². The molecule has 2 heteroatoms. The summed E-state index contributed by atoms with van der Waals surface area (Å²) >= 11 is 0. The van der Waals surface area contributed by atoms with Crippen molar-refractivity contribution >= 4 is 5.97 Å². The van der Waals surface area contributed by atoms with Gasteiger partial charge in [-0.1, -0.05) is 12.8 Å². The Kier molecular flexibility index (Phi) is 2.31. The predicted octanol–water partition coefficient (Wildman–Crippen LogP) is 2.52. The smallest absolute Gasteiger partial charge is 0.312 e. The lowest BCUT2D eigenvalue weighted by Crippen LogP contribution is -2.32. The molecular formula is C11H18O2. The van der Waals surface area contributed by atoms with Crippen LogP contribution < -0.4 is 0 Å². The molecule has 2 aliphatic rings. The maximum absolute atomic E-state index is 11.8. The van der Waals surface area contributed by atoms with Crippen molar-refractivity contribution in [3.05, 3.63) is 0 Å². The second kappa shape index (κ2) is 3.32. The van der Waals surface area contributed by atoms with Crippen molar-refractivity contribution in [2.45, 2.75) is 45.4 Å². The average molecular weight is 182 g/mol. The molecule has 0 aromatic rings. The highest BCUT2D eigenvalue weighted by Gasteiger charge is 2.48. The third kappa shape index (κ3) is 1.47. The van der Waals surface area contributed by atoms with Gasteiger partial charge in [-0.2, -0.15) is 0 Å². The zero-order chi connectivity index (χ0) is 9.31. The first-order chi connectivity index (χ1) is 6.27. The van der Waals surface area contributed by atoms with Gasteiger partial charge in [0.25, 0.3) is 0 Å². The van der Waals surface area contributed by atoms with Gasteiger partial charge in [-0.3, -0.25) is 4.79 Å². The number of hydrogen-bond donors (Lipinski definition) is 0. The van der Waals surface area contributed by atoms with E-state index < -0.39 is 0 Å². The van der Waals surface area contributed by atoms with Crippen molar-refractivity contribution in [3.63, 3.8) is 0 Å².